The minimum absolute atomic E-state index is 0.307. The lowest BCUT2D eigenvalue weighted by Gasteiger charge is -2.42. The lowest BCUT2D eigenvalue weighted by atomic mass is 9.63. The Morgan fingerprint density at radius 1 is 0.903 bits per heavy atom. The molecular weight excluding hydrogens is 404 g/mol. The number of halogens is 4. The highest BCUT2D eigenvalue weighted by Crippen LogP contribution is 2.48. The highest BCUT2D eigenvalue weighted by molar-refractivity contribution is 5.65. The summed E-state index contributed by atoms with van der Waals surface area (Å²) >= 11 is 0. The zero-order valence-electron chi connectivity index (χ0n) is 17.9. The van der Waals surface area contributed by atoms with Crippen LogP contribution in [0.1, 0.15) is 69.8 Å². The summed E-state index contributed by atoms with van der Waals surface area (Å²) in [6.45, 7) is 2.27. The van der Waals surface area contributed by atoms with Gasteiger partial charge in [-0.25, -0.2) is 4.39 Å². The second kappa shape index (κ2) is 9.22. The van der Waals surface area contributed by atoms with Gasteiger partial charge >= 0.3 is 6.36 Å². The van der Waals surface area contributed by atoms with Crippen LogP contribution >= 0.6 is 0 Å². The molecule has 4 atom stereocenters. The third-order valence-corrected chi connectivity index (χ3v) is 7.28. The summed E-state index contributed by atoms with van der Waals surface area (Å²) < 4.78 is 55.8. The summed E-state index contributed by atoms with van der Waals surface area (Å²) in [5, 5.41) is 0. The minimum Gasteiger partial charge on any atom is -0.406 e. The summed E-state index contributed by atoms with van der Waals surface area (Å²) in [7, 11) is 0. The number of benzene rings is 2. The van der Waals surface area contributed by atoms with E-state index in [0.29, 0.717) is 17.0 Å². The topological polar surface area (TPSA) is 9.23 Å². The molecule has 5 heteroatoms. The van der Waals surface area contributed by atoms with E-state index in [1.165, 1.54) is 62.8 Å². The van der Waals surface area contributed by atoms with E-state index in [1.807, 2.05) is 6.07 Å². The molecule has 0 saturated heterocycles. The van der Waals surface area contributed by atoms with Crippen LogP contribution < -0.4 is 4.74 Å². The Kier molecular flexibility index (Phi) is 6.59. The van der Waals surface area contributed by atoms with Gasteiger partial charge in [-0.3, -0.25) is 0 Å². The van der Waals surface area contributed by atoms with E-state index in [1.54, 1.807) is 12.1 Å². The van der Waals surface area contributed by atoms with Crippen molar-refractivity contribution in [2.24, 2.45) is 17.8 Å². The standard InChI is InChI=1S/C26H30F4O/c1-2-3-17-4-5-20-15-21(7-6-19(20)14-17)22-10-13-24(25(27)16-22)18-8-11-23(12-9-18)31-26(28,29)30/h8-13,16-17,19-21H,2-7,14-15H2,1H3. The third-order valence-electron chi connectivity index (χ3n) is 7.28. The fraction of sp³-hybridized carbons (Fsp3) is 0.538. The average molecular weight is 435 g/mol. The van der Waals surface area contributed by atoms with Gasteiger partial charge in [-0.05, 0) is 85.1 Å². The molecule has 0 N–H and O–H groups in total. The summed E-state index contributed by atoms with van der Waals surface area (Å²) in [5.74, 6) is 2.26. The molecule has 2 fully saturated rings. The maximum absolute atomic E-state index is 14.9. The van der Waals surface area contributed by atoms with Crippen LogP contribution in [0.15, 0.2) is 42.5 Å². The van der Waals surface area contributed by atoms with Crippen LogP contribution in [-0.4, -0.2) is 6.36 Å². The van der Waals surface area contributed by atoms with Crippen molar-refractivity contribution in [3.63, 3.8) is 0 Å². The van der Waals surface area contributed by atoms with Gasteiger partial charge in [0.25, 0.3) is 0 Å². The molecule has 0 amide bonds. The van der Waals surface area contributed by atoms with Crippen LogP contribution in [0.25, 0.3) is 11.1 Å². The molecule has 31 heavy (non-hydrogen) atoms. The molecule has 0 spiro atoms. The van der Waals surface area contributed by atoms with Crippen LogP contribution in [0, 0.1) is 23.6 Å². The van der Waals surface area contributed by atoms with Gasteiger partial charge in [-0.2, -0.15) is 0 Å². The molecule has 0 heterocycles. The van der Waals surface area contributed by atoms with Gasteiger partial charge in [0.1, 0.15) is 11.6 Å². The molecule has 4 unspecified atom stereocenters. The lowest BCUT2D eigenvalue weighted by Crippen LogP contribution is -2.30. The van der Waals surface area contributed by atoms with Gasteiger partial charge in [-0.1, -0.05) is 50.5 Å². The van der Waals surface area contributed by atoms with Gasteiger partial charge in [0.05, 0.1) is 0 Å². The van der Waals surface area contributed by atoms with Crippen LogP contribution in [-0.2, 0) is 0 Å². The van der Waals surface area contributed by atoms with Crippen molar-refractivity contribution in [1.82, 2.24) is 0 Å². The fourth-order valence-electron chi connectivity index (χ4n) is 5.82. The molecule has 1 nitrogen and oxygen atoms in total. The lowest BCUT2D eigenvalue weighted by molar-refractivity contribution is -0.274. The third kappa shape index (κ3) is 5.42. The fourth-order valence-corrected chi connectivity index (χ4v) is 5.82. The van der Waals surface area contributed by atoms with E-state index in [-0.39, 0.29) is 11.6 Å². The average Bonchev–Trinajstić information content (AvgIpc) is 2.73. The molecule has 0 radical (unpaired) electrons. The Morgan fingerprint density at radius 2 is 1.61 bits per heavy atom. The highest BCUT2D eigenvalue weighted by atomic mass is 19.4. The predicted octanol–water partition coefficient (Wildman–Crippen LogP) is 8.49. The van der Waals surface area contributed by atoms with E-state index >= 15 is 0 Å². The largest absolute Gasteiger partial charge is 0.573 e. The molecule has 2 aromatic rings. The van der Waals surface area contributed by atoms with Crippen LogP contribution in [0.3, 0.4) is 0 Å². The maximum atomic E-state index is 14.9. The number of rotatable bonds is 5. The number of hydrogen-bond acceptors (Lipinski definition) is 1. The van der Waals surface area contributed by atoms with Crippen molar-refractivity contribution >= 4 is 0 Å². The summed E-state index contributed by atoms with van der Waals surface area (Å²) in [6.07, 6.45) is 5.39. The molecule has 2 saturated carbocycles. The first-order chi connectivity index (χ1) is 14.8. The molecule has 168 valence electrons. The van der Waals surface area contributed by atoms with Gasteiger partial charge in [0.15, 0.2) is 0 Å². The highest BCUT2D eigenvalue weighted by Gasteiger charge is 2.36. The Bertz CT molecular complexity index is 874. The number of alkyl halides is 3. The second-order valence-corrected chi connectivity index (χ2v) is 9.31. The quantitative estimate of drug-likeness (QED) is 0.429. The minimum atomic E-state index is -4.73. The first-order valence-corrected chi connectivity index (χ1v) is 11.5. The van der Waals surface area contributed by atoms with E-state index in [0.717, 1.165) is 36.2 Å². The first-order valence-electron chi connectivity index (χ1n) is 11.5. The van der Waals surface area contributed by atoms with Crippen molar-refractivity contribution in [2.75, 3.05) is 0 Å². The Labute approximate surface area is 181 Å². The van der Waals surface area contributed by atoms with Gasteiger partial charge < -0.3 is 4.74 Å². The van der Waals surface area contributed by atoms with Crippen LogP contribution in [0.4, 0.5) is 17.6 Å². The first kappa shape index (κ1) is 22.2. The number of fused-ring (bicyclic) bond motifs is 1. The second-order valence-electron chi connectivity index (χ2n) is 9.31. The molecule has 0 bridgehead atoms. The summed E-state index contributed by atoms with van der Waals surface area (Å²) in [5.41, 5.74) is 1.99. The van der Waals surface area contributed by atoms with E-state index in [2.05, 4.69) is 11.7 Å². The van der Waals surface area contributed by atoms with Crippen LogP contribution in [0.5, 0.6) is 5.75 Å². The van der Waals surface area contributed by atoms with Crippen molar-refractivity contribution < 1.29 is 22.3 Å². The molecule has 4 rings (SSSR count). The zero-order chi connectivity index (χ0) is 22.0. The molecule has 2 aliphatic carbocycles. The van der Waals surface area contributed by atoms with E-state index < -0.39 is 6.36 Å². The van der Waals surface area contributed by atoms with Crippen molar-refractivity contribution in [3.8, 4) is 16.9 Å². The summed E-state index contributed by atoms with van der Waals surface area (Å²) in [4.78, 5) is 0. The molecule has 0 aromatic heterocycles. The zero-order valence-corrected chi connectivity index (χ0v) is 17.9. The molecular formula is C26H30F4O. The Hall–Kier alpha value is -2.04. The monoisotopic (exact) mass is 434 g/mol. The van der Waals surface area contributed by atoms with Crippen molar-refractivity contribution in [3.05, 3.63) is 53.8 Å². The molecule has 2 aromatic carbocycles. The van der Waals surface area contributed by atoms with Gasteiger partial charge in [-0.15, -0.1) is 13.2 Å². The van der Waals surface area contributed by atoms with Crippen molar-refractivity contribution in [2.45, 2.75) is 70.6 Å². The van der Waals surface area contributed by atoms with E-state index in [4.69, 9.17) is 0 Å². The molecule has 2 aliphatic rings. The summed E-state index contributed by atoms with van der Waals surface area (Å²) in [6, 6.07) is 10.7. The smallest absolute Gasteiger partial charge is 0.406 e. The Morgan fingerprint density at radius 3 is 2.29 bits per heavy atom. The maximum Gasteiger partial charge on any atom is 0.573 e. The van der Waals surface area contributed by atoms with Gasteiger partial charge in [0, 0.05) is 5.56 Å². The Balaban J connectivity index is 1.42. The van der Waals surface area contributed by atoms with Gasteiger partial charge in [0.2, 0.25) is 0 Å². The van der Waals surface area contributed by atoms with Crippen molar-refractivity contribution in [1.29, 1.82) is 0 Å². The predicted molar refractivity (Wildman–Crippen MR) is 114 cm³/mol. The number of ether oxygens (including phenoxy) is 1. The molecule has 0 aliphatic heterocycles. The normalized spacial score (nSPS) is 26.4. The van der Waals surface area contributed by atoms with Crippen LogP contribution in [0.2, 0.25) is 0 Å². The van der Waals surface area contributed by atoms with E-state index in [9.17, 15) is 17.6 Å². The number of hydrogen-bond donors (Lipinski definition) is 0. The SMILES string of the molecule is CCCC1CCC2CC(c3ccc(-c4ccc(OC(F)(F)F)cc4)c(F)c3)CCC2C1.